The molecule has 0 aliphatic carbocycles. The first-order valence-corrected chi connectivity index (χ1v) is 5.97. The maximum Gasteiger partial charge on any atom is 0.255 e. The van der Waals surface area contributed by atoms with Crippen LogP contribution in [0, 0.1) is 5.82 Å². The second-order valence-corrected chi connectivity index (χ2v) is 4.62. The Labute approximate surface area is 112 Å². The van der Waals surface area contributed by atoms with Gasteiger partial charge in [-0.25, -0.2) is 4.39 Å². The minimum atomic E-state index is -0.554. The predicted molar refractivity (Wildman–Crippen MR) is 72.9 cm³/mol. The number of rotatable bonds is 2. The van der Waals surface area contributed by atoms with Crippen LogP contribution in [0.1, 0.15) is 10.4 Å². The topological polar surface area (TPSA) is 55.1 Å². The van der Waals surface area contributed by atoms with Gasteiger partial charge in [0.2, 0.25) is 0 Å². The SMILES string of the molecule is Nc1ccc(NC(=O)c2cccc(Br)c2)cc1F. The summed E-state index contributed by atoms with van der Waals surface area (Å²) in [4.78, 5) is 11.9. The predicted octanol–water partition coefficient (Wildman–Crippen LogP) is 3.42. The number of nitrogen functional groups attached to an aromatic ring is 1. The lowest BCUT2D eigenvalue weighted by Gasteiger charge is -2.06. The summed E-state index contributed by atoms with van der Waals surface area (Å²) in [6.07, 6.45) is 0. The fraction of sp³-hybridized carbons (Fsp3) is 0. The first-order chi connectivity index (χ1) is 8.56. The summed E-state index contributed by atoms with van der Waals surface area (Å²) in [5.41, 5.74) is 6.26. The molecule has 0 bridgehead atoms. The van der Waals surface area contributed by atoms with Crippen molar-refractivity contribution >= 4 is 33.2 Å². The molecule has 0 radical (unpaired) electrons. The summed E-state index contributed by atoms with van der Waals surface area (Å²) in [5, 5.41) is 2.60. The van der Waals surface area contributed by atoms with E-state index in [0.717, 1.165) is 4.47 Å². The summed E-state index contributed by atoms with van der Waals surface area (Å²) >= 11 is 3.28. The Morgan fingerprint density at radius 3 is 2.67 bits per heavy atom. The second kappa shape index (κ2) is 5.18. The van der Waals surface area contributed by atoms with Crippen molar-refractivity contribution in [1.82, 2.24) is 0 Å². The fourth-order valence-electron chi connectivity index (χ4n) is 1.44. The van der Waals surface area contributed by atoms with Crippen molar-refractivity contribution in [2.45, 2.75) is 0 Å². The van der Waals surface area contributed by atoms with E-state index in [1.807, 2.05) is 6.07 Å². The van der Waals surface area contributed by atoms with Crippen LogP contribution in [0.15, 0.2) is 46.9 Å². The molecular weight excluding hydrogens is 299 g/mol. The minimum absolute atomic E-state index is 0.0513. The van der Waals surface area contributed by atoms with Gasteiger partial charge in [-0.2, -0.15) is 0 Å². The van der Waals surface area contributed by atoms with E-state index in [-0.39, 0.29) is 11.6 Å². The average molecular weight is 309 g/mol. The van der Waals surface area contributed by atoms with Crippen LogP contribution in [-0.2, 0) is 0 Å². The van der Waals surface area contributed by atoms with Crippen LogP contribution >= 0.6 is 15.9 Å². The van der Waals surface area contributed by atoms with Crippen molar-refractivity contribution < 1.29 is 9.18 Å². The van der Waals surface area contributed by atoms with Crippen molar-refractivity contribution in [3.8, 4) is 0 Å². The number of hydrogen-bond donors (Lipinski definition) is 2. The number of anilines is 2. The minimum Gasteiger partial charge on any atom is -0.396 e. The quantitative estimate of drug-likeness (QED) is 0.835. The third kappa shape index (κ3) is 2.87. The Balaban J connectivity index is 2.18. The van der Waals surface area contributed by atoms with Gasteiger partial charge in [-0.3, -0.25) is 4.79 Å². The molecule has 92 valence electrons. The Hall–Kier alpha value is -1.88. The van der Waals surface area contributed by atoms with Crippen molar-refractivity contribution in [2.75, 3.05) is 11.1 Å². The van der Waals surface area contributed by atoms with Crippen LogP contribution in [0.2, 0.25) is 0 Å². The average Bonchev–Trinajstić information content (AvgIpc) is 2.34. The number of halogens is 2. The summed E-state index contributed by atoms with van der Waals surface area (Å²) < 4.78 is 14.0. The van der Waals surface area contributed by atoms with Crippen LogP contribution in [0.3, 0.4) is 0 Å². The molecule has 0 saturated heterocycles. The molecule has 18 heavy (non-hydrogen) atoms. The Kier molecular flexibility index (Phi) is 3.62. The molecule has 3 nitrogen and oxygen atoms in total. The molecule has 0 unspecified atom stereocenters. The van der Waals surface area contributed by atoms with E-state index >= 15 is 0 Å². The van der Waals surface area contributed by atoms with Gasteiger partial charge in [0.1, 0.15) is 5.82 Å². The molecule has 0 saturated carbocycles. The number of carbonyl (C=O) groups is 1. The van der Waals surface area contributed by atoms with Gasteiger partial charge in [-0.05, 0) is 36.4 Å². The molecule has 0 fully saturated rings. The second-order valence-electron chi connectivity index (χ2n) is 3.70. The van der Waals surface area contributed by atoms with Crippen LogP contribution in [0.25, 0.3) is 0 Å². The lowest BCUT2D eigenvalue weighted by Crippen LogP contribution is -2.12. The molecule has 2 aromatic rings. The number of nitrogens with two attached hydrogens (primary N) is 1. The number of amides is 1. The normalized spacial score (nSPS) is 10.1. The molecule has 3 N–H and O–H groups in total. The largest absolute Gasteiger partial charge is 0.396 e. The smallest absolute Gasteiger partial charge is 0.255 e. The lowest BCUT2D eigenvalue weighted by molar-refractivity contribution is 0.102. The monoisotopic (exact) mass is 308 g/mol. The highest BCUT2D eigenvalue weighted by Gasteiger charge is 2.07. The maximum atomic E-state index is 13.2. The van der Waals surface area contributed by atoms with Crippen molar-refractivity contribution in [1.29, 1.82) is 0 Å². The van der Waals surface area contributed by atoms with E-state index in [2.05, 4.69) is 21.2 Å². The zero-order valence-corrected chi connectivity index (χ0v) is 10.9. The van der Waals surface area contributed by atoms with Gasteiger partial charge in [-0.15, -0.1) is 0 Å². The van der Waals surface area contributed by atoms with Gasteiger partial charge < -0.3 is 11.1 Å². The summed E-state index contributed by atoms with van der Waals surface area (Å²) in [5.74, 6) is -0.859. The van der Waals surface area contributed by atoms with Crippen LogP contribution in [0.5, 0.6) is 0 Å². The first kappa shape index (κ1) is 12.6. The van der Waals surface area contributed by atoms with Gasteiger partial charge in [0.25, 0.3) is 5.91 Å². The van der Waals surface area contributed by atoms with E-state index < -0.39 is 5.82 Å². The van der Waals surface area contributed by atoms with Crippen molar-refractivity contribution in [3.05, 3.63) is 58.3 Å². The maximum absolute atomic E-state index is 13.2. The third-order valence-electron chi connectivity index (χ3n) is 2.35. The molecule has 0 heterocycles. The highest BCUT2D eigenvalue weighted by molar-refractivity contribution is 9.10. The fourth-order valence-corrected chi connectivity index (χ4v) is 1.84. The third-order valence-corrected chi connectivity index (χ3v) is 2.84. The summed E-state index contributed by atoms with van der Waals surface area (Å²) in [7, 11) is 0. The van der Waals surface area contributed by atoms with E-state index in [9.17, 15) is 9.18 Å². The molecule has 0 aliphatic rings. The molecule has 5 heteroatoms. The molecule has 2 rings (SSSR count). The van der Waals surface area contributed by atoms with Gasteiger partial charge >= 0.3 is 0 Å². The van der Waals surface area contributed by atoms with Crippen LogP contribution < -0.4 is 11.1 Å². The molecular formula is C13H10BrFN2O. The number of hydrogen-bond acceptors (Lipinski definition) is 2. The summed E-state index contributed by atoms with van der Waals surface area (Å²) in [6.45, 7) is 0. The van der Waals surface area contributed by atoms with E-state index in [1.54, 1.807) is 24.3 Å². The standard InChI is InChI=1S/C13H10BrFN2O/c14-9-3-1-2-8(6-9)13(18)17-10-4-5-12(16)11(15)7-10/h1-7H,16H2,(H,17,18). The molecule has 0 aromatic heterocycles. The lowest BCUT2D eigenvalue weighted by atomic mass is 10.2. The Morgan fingerprint density at radius 2 is 2.00 bits per heavy atom. The molecule has 0 aliphatic heterocycles. The Morgan fingerprint density at radius 1 is 1.22 bits per heavy atom. The summed E-state index contributed by atoms with van der Waals surface area (Å²) in [6, 6.07) is 11.1. The van der Waals surface area contributed by atoms with Crippen LogP contribution in [-0.4, -0.2) is 5.91 Å². The highest BCUT2D eigenvalue weighted by Crippen LogP contribution is 2.17. The zero-order valence-electron chi connectivity index (χ0n) is 9.28. The molecule has 0 spiro atoms. The molecule has 1 amide bonds. The van der Waals surface area contributed by atoms with Crippen LogP contribution in [0.4, 0.5) is 15.8 Å². The molecule has 2 aromatic carbocycles. The first-order valence-electron chi connectivity index (χ1n) is 5.18. The molecule has 0 atom stereocenters. The van der Waals surface area contributed by atoms with Crippen molar-refractivity contribution in [3.63, 3.8) is 0 Å². The van der Waals surface area contributed by atoms with Gasteiger partial charge in [0.15, 0.2) is 0 Å². The number of carbonyl (C=O) groups excluding carboxylic acids is 1. The van der Waals surface area contributed by atoms with E-state index in [1.165, 1.54) is 12.1 Å². The van der Waals surface area contributed by atoms with Gasteiger partial charge in [-0.1, -0.05) is 22.0 Å². The van der Waals surface area contributed by atoms with Gasteiger partial charge in [0, 0.05) is 15.7 Å². The number of nitrogens with one attached hydrogen (secondary N) is 1. The zero-order chi connectivity index (χ0) is 13.1. The Bertz CT molecular complexity index is 601. The van der Waals surface area contributed by atoms with Crippen molar-refractivity contribution in [2.24, 2.45) is 0 Å². The van der Waals surface area contributed by atoms with E-state index in [4.69, 9.17) is 5.73 Å². The highest BCUT2D eigenvalue weighted by atomic mass is 79.9. The number of benzene rings is 2. The van der Waals surface area contributed by atoms with Gasteiger partial charge in [0.05, 0.1) is 5.69 Å². The van der Waals surface area contributed by atoms with E-state index in [0.29, 0.717) is 11.3 Å².